The summed E-state index contributed by atoms with van der Waals surface area (Å²) < 4.78 is 10.8. The Kier molecular flexibility index (Phi) is 6.94. The molecular formula is C29H18Cl3NO4. The van der Waals surface area contributed by atoms with E-state index in [4.69, 9.17) is 44.0 Å². The maximum atomic E-state index is 13.7. The number of carbonyl (C=O) groups is 2. The number of methoxy groups -OCH3 is 1. The Morgan fingerprint density at radius 2 is 1.68 bits per heavy atom. The van der Waals surface area contributed by atoms with Gasteiger partial charge in [0.1, 0.15) is 11.5 Å². The highest BCUT2D eigenvalue weighted by atomic mass is 35.5. The molecule has 5 nitrogen and oxygen atoms in total. The first-order valence-electron chi connectivity index (χ1n) is 11.1. The van der Waals surface area contributed by atoms with Crippen LogP contribution in [-0.4, -0.2) is 19.0 Å². The monoisotopic (exact) mass is 549 g/mol. The average molecular weight is 551 g/mol. The molecule has 0 fully saturated rings. The molecule has 1 aliphatic heterocycles. The van der Waals surface area contributed by atoms with Crippen LogP contribution in [0.1, 0.15) is 21.7 Å². The molecule has 0 saturated carbocycles. The van der Waals surface area contributed by atoms with Crippen LogP contribution in [0.25, 0.3) is 23.1 Å². The fourth-order valence-electron chi connectivity index (χ4n) is 4.03. The fraction of sp³-hybridized carbons (Fsp3) is 0.0345. The minimum absolute atomic E-state index is 0.161. The van der Waals surface area contributed by atoms with Crippen LogP contribution in [-0.2, 0) is 9.53 Å². The molecule has 2 heterocycles. The average Bonchev–Trinajstić information content (AvgIpc) is 3.50. The lowest BCUT2D eigenvalue weighted by Gasteiger charge is -2.21. The molecule has 4 aromatic rings. The molecule has 0 radical (unpaired) electrons. The van der Waals surface area contributed by atoms with Gasteiger partial charge >= 0.3 is 5.97 Å². The molecule has 0 bridgehead atoms. The van der Waals surface area contributed by atoms with Crippen LogP contribution in [0.4, 0.5) is 5.69 Å². The van der Waals surface area contributed by atoms with Gasteiger partial charge in [-0.15, -0.1) is 0 Å². The number of furan rings is 1. The lowest BCUT2D eigenvalue weighted by molar-refractivity contribution is -0.113. The van der Waals surface area contributed by atoms with Crippen LogP contribution in [0, 0.1) is 0 Å². The molecule has 1 aromatic heterocycles. The van der Waals surface area contributed by atoms with E-state index in [-0.39, 0.29) is 16.5 Å². The van der Waals surface area contributed by atoms with Gasteiger partial charge in [0.25, 0.3) is 5.91 Å². The topological polar surface area (TPSA) is 59.8 Å². The zero-order valence-electron chi connectivity index (χ0n) is 19.4. The Labute approximate surface area is 228 Å². The molecule has 0 spiro atoms. The molecule has 8 heteroatoms. The number of anilines is 1. The van der Waals surface area contributed by atoms with E-state index >= 15 is 0 Å². The summed E-state index contributed by atoms with van der Waals surface area (Å²) in [6, 6.07) is 22.9. The summed E-state index contributed by atoms with van der Waals surface area (Å²) in [6.07, 6.45) is 3.43. The van der Waals surface area contributed by atoms with Gasteiger partial charge in [-0.05, 0) is 66.2 Å². The summed E-state index contributed by atoms with van der Waals surface area (Å²) in [5, 5.41) is 1.25. The Balaban J connectivity index is 1.57. The van der Waals surface area contributed by atoms with Crippen LogP contribution in [0.15, 0.2) is 94.9 Å². The van der Waals surface area contributed by atoms with E-state index in [0.717, 1.165) is 5.56 Å². The molecule has 37 heavy (non-hydrogen) atoms. The Bertz CT molecular complexity index is 1590. The molecule has 1 aliphatic rings. The molecule has 0 N–H and O–H groups in total. The highest BCUT2D eigenvalue weighted by Gasteiger charge is 2.31. The van der Waals surface area contributed by atoms with Crippen molar-refractivity contribution in [3.63, 3.8) is 0 Å². The maximum Gasteiger partial charge on any atom is 0.339 e. The second-order valence-electron chi connectivity index (χ2n) is 8.12. The van der Waals surface area contributed by atoms with Crippen LogP contribution < -0.4 is 4.90 Å². The van der Waals surface area contributed by atoms with Gasteiger partial charge in [0.2, 0.25) is 0 Å². The number of benzene rings is 3. The Morgan fingerprint density at radius 1 is 0.919 bits per heavy atom. The number of amides is 1. The van der Waals surface area contributed by atoms with Gasteiger partial charge in [0.05, 0.1) is 34.1 Å². The van der Waals surface area contributed by atoms with E-state index in [1.54, 1.807) is 54.6 Å². The van der Waals surface area contributed by atoms with Gasteiger partial charge in [-0.25, -0.2) is 4.79 Å². The summed E-state index contributed by atoms with van der Waals surface area (Å²) >= 11 is 18.7. The van der Waals surface area contributed by atoms with E-state index in [1.807, 2.05) is 30.3 Å². The quantitative estimate of drug-likeness (QED) is 0.186. The standard InChI is InChI=1S/C29H18Cl3NO4/c1-36-29(35)23-16-20(8-11-25(23)32)33-26(17-5-3-2-4-6-17)14-18(28(33)34)13-21-9-12-27(37-21)22-15-19(30)7-10-24(22)31/h2-16H,1H3. The largest absolute Gasteiger partial charge is 0.465 e. The van der Waals surface area contributed by atoms with E-state index in [1.165, 1.54) is 18.1 Å². The molecule has 0 atom stereocenters. The van der Waals surface area contributed by atoms with E-state index < -0.39 is 5.97 Å². The molecule has 0 saturated heterocycles. The lowest BCUT2D eigenvalue weighted by Crippen LogP contribution is -2.25. The number of rotatable bonds is 5. The highest BCUT2D eigenvalue weighted by Crippen LogP contribution is 2.38. The number of hydrogen-bond donors (Lipinski definition) is 0. The van der Waals surface area contributed by atoms with Gasteiger partial charge in [-0.1, -0.05) is 65.1 Å². The van der Waals surface area contributed by atoms with Crippen molar-refractivity contribution in [2.24, 2.45) is 0 Å². The zero-order chi connectivity index (χ0) is 26.1. The van der Waals surface area contributed by atoms with Crippen LogP contribution in [0.2, 0.25) is 15.1 Å². The van der Waals surface area contributed by atoms with Gasteiger partial charge in [0, 0.05) is 16.2 Å². The van der Waals surface area contributed by atoms with Crippen molar-refractivity contribution in [1.82, 2.24) is 0 Å². The number of esters is 1. The predicted octanol–water partition coefficient (Wildman–Crippen LogP) is 8.16. The van der Waals surface area contributed by atoms with E-state index in [2.05, 4.69) is 0 Å². The number of halogens is 3. The molecule has 0 unspecified atom stereocenters. The lowest BCUT2D eigenvalue weighted by atomic mass is 10.1. The Hall–Kier alpha value is -3.77. The summed E-state index contributed by atoms with van der Waals surface area (Å²) in [5.74, 6) is 0.0959. The molecule has 0 aliphatic carbocycles. The summed E-state index contributed by atoms with van der Waals surface area (Å²) in [5.41, 5.74) is 3.13. The summed E-state index contributed by atoms with van der Waals surface area (Å²) in [7, 11) is 1.27. The number of ether oxygens (including phenoxy) is 1. The summed E-state index contributed by atoms with van der Waals surface area (Å²) in [4.78, 5) is 27.4. The maximum absolute atomic E-state index is 13.7. The van der Waals surface area contributed by atoms with Gasteiger partial charge in [-0.3, -0.25) is 9.69 Å². The normalized spacial score (nSPS) is 14.3. The molecule has 1 amide bonds. The third-order valence-corrected chi connectivity index (χ3v) is 6.68. The molecular weight excluding hydrogens is 533 g/mol. The number of carbonyl (C=O) groups excluding carboxylic acids is 2. The molecule has 184 valence electrons. The predicted molar refractivity (Wildman–Crippen MR) is 147 cm³/mol. The minimum atomic E-state index is -0.595. The van der Waals surface area contributed by atoms with Gasteiger partial charge in [0.15, 0.2) is 0 Å². The van der Waals surface area contributed by atoms with Crippen molar-refractivity contribution in [3.05, 3.63) is 122 Å². The van der Waals surface area contributed by atoms with Crippen molar-refractivity contribution < 1.29 is 18.7 Å². The molecule has 5 rings (SSSR count). The van der Waals surface area contributed by atoms with Crippen molar-refractivity contribution in [1.29, 1.82) is 0 Å². The Morgan fingerprint density at radius 3 is 2.43 bits per heavy atom. The van der Waals surface area contributed by atoms with Crippen LogP contribution >= 0.6 is 34.8 Å². The second kappa shape index (κ2) is 10.3. The fourth-order valence-corrected chi connectivity index (χ4v) is 4.60. The first-order chi connectivity index (χ1) is 17.9. The highest BCUT2D eigenvalue weighted by molar-refractivity contribution is 6.35. The second-order valence-corrected chi connectivity index (χ2v) is 9.37. The third-order valence-electron chi connectivity index (χ3n) is 5.78. The first-order valence-corrected chi connectivity index (χ1v) is 12.3. The minimum Gasteiger partial charge on any atom is -0.465 e. The van der Waals surface area contributed by atoms with Crippen molar-refractivity contribution in [2.75, 3.05) is 12.0 Å². The third kappa shape index (κ3) is 4.94. The SMILES string of the molecule is COC(=O)c1cc(N2C(=O)C(=Cc3ccc(-c4cc(Cl)ccc4Cl)o3)C=C2c2ccccc2)ccc1Cl. The first kappa shape index (κ1) is 24.9. The number of hydrogen-bond acceptors (Lipinski definition) is 4. The van der Waals surface area contributed by atoms with Crippen LogP contribution in [0.3, 0.4) is 0 Å². The van der Waals surface area contributed by atoms with E-state index in [9.17, 15) is 9.59 Å². The van der Waals surface area contributed by atoms with E-state index in [0.29, 0.717) is 44.1 Å². The molecule has 3 aromatic carbocycles. The van der Waals surface area contributed by atoms with Gasteiger partial charge in [-0.2, -0.15) is 0 Å². The van der Waals surface area contributed by atoms with Crippen molar-refractivity contribution in [3.8, 4) is 11.3 Å². The smallest absolute Gasteiger partial charge is 0.339 e. The summed E-state index contributed by atoms with van der Waals surface area (Å²) in [6.45, 7) is 0. The number of nitrogens with zero attached hydrogens (tertiary/aromatic N) is 1. The van der Waals surface area contributed by atoms with Crippen molar-refractivity contribution in [2.45, 2.75) is 0 Å². The zero-order valence-corrected chi connectivity index (χ0v) is 21.6. The van der Waals surface area contributed by atoms with Crippen LogP contribution in [0.5, 0.6) is 0 Å². The van der Waals surface area contributed by atoms with Crippen molar-refractivity contribution >= 4 is 64.1 Å². The van der Waals surface area contributed by atoms with Gasteiger partial charge < -0.3 is 9.15 Å².